The predicted octanol–water partition coefficient (Wildman–Crippen LogP) is 3.92. The zero-order valence-corrected chi connectivity index (χ0v) is 12.5. The Kier molecular flexibility index (Phi) is 3.00. The van der Waals surface area contributed by atoms with Gasteiger partial charge < -0.3 is 4.74 Å². The molecular weight excluding hydrogens is 305 g/mol. The van der Waals surface area contributed by atoms with Gasteiger partial charge in [-0.15, -0.1) is 34.5 Å². The first-order valence-corrected chi connectivity index (χ1v) is 7.39. The Morgan fingerprint density at radius 1 is 1.47 bits per heavy atom. The number of nitrogens with zero attached hydrogens (tertiary/aromatic N) is 1. The SMILES string of the molecule is CC1(C(=O)OCc2nc3ccccc3s2)CC1(Cl)Cl. The number of ether oxygens (including phenoxy) is 1. The second-order valence-corrected chi connectivity index (χ2v) is 7.46. The number of benzene rings is 1. The van der Waals surface area contributed by atoms with Crippen LogP contribution in [0.4, 0.5) is 0 Å². The Labute approximate surface area is 124 Å². The highest BCUT2D eigenvalue weighted by Crippen LogP contribution is 2.64. The van der Waals surface area contributed by atoms with Gasteiger partial charge >= 0.3 is 5.97 Å². The van der Waals surface area contributed by atoms with Crippen molar-refractivity contribution in [3.8, 4) is 0 Å². The molecule has 3 rings (SSSR count). The van der Waals surface area contributed by atoms with E-state index in [0.717, 1.165) is 15.2 Å². The number of aromatic nitrogens is 1. The van der Waals surface area contributed by atoms with E-state index in [0.29, 0.717) is 6.42 Å². The van der Waals surface area contributed by atoms with E-state index in [1.165, 1.54) is 11.3 Å². The van der Waals surface area contributed by atoms with Crippen molar-refractivity contribution >= 4 is 50.7 Å². The molecule has 0 aliphatic heterocycles. The molecule has 0 saturated heterocycles. The Balaban J connectivity index is 1.68. The van der Waals surface area contributed by atoms with Crippen molar-refractivity contribution in [1.82, 2.24) is 4.98 Å². The number of para-hydroxylation sites is 1. The molecule has 1 aromatic heterocycles. The Morgan fingerprint density at radius 2 is 2.16 bits per heavy atom. The molecule has 1 heterocycles. The summed E-state index contributed by atoms with van der Waals surface area (Å²) in [6.45, 7) is 1.88. The summed E-state index contributed by atoms with van der Waals surface area (Å²) in [5, 5.41) is 0.772. The van der Waals surface area contributed by atoms with Gasteiger partial charge in [-0.05, 0) is 19.1 Å². The normalized spacial score (nSPS) is 24.4. The fraction of sp³-hybridized carbons (Fsp3) is 0.385. The number of hydrogen-bond donors (Lipinski definition) is 0. The molecule has 100 valence electrons. The van der Waals surface area contributed by atoms with Gasteiger partial charge in [-0.2, -0.15) is 0 Å². The standard InChI is InChI=1S/C13H11Cl2NO2S/c1-12(7-13(12,14)15)11(17)18-6-10-16-8-4-2-3-5-9(8)19-10/h2-5H,6-7H2,1H3. The van der Waals surface area contributed by atoms with Crippen LogP contribution in [0.15, 0.2) is 24.3 Å². The van der Waals surface area contributed by atoms with Crippen LogP contribution in [0.2, 0.25) is 0 Å². The minimum atomic E-state index is -0.988. The van der Waals surface area contributed by atoms with Crippen LogP contribution >= 0.6 is 34.5 Å². The second kappa shape index (κ2) is 4.33. The molecular formula is C13H11Cl2NO2S. The number of halogens is 2. The molecule has 0 radical (unpaired) electrons. The van der Waals surface area contributed by atoms with Crippen LogP contribution in [0.3, 0.4) is 0 Å². The molecule has 0 bridgehead atoms. The largest absolute Gasteiger partial charge is 0.458 e. The number of esters is 1. The highest BCUT2D eigenvalue weighted by molar-refractivity contribution is 7.18. The molecule has 1 aliphatic rings. The first-order valence-electron chi connectivity index (χ1n) is 5.82. The molecule has 1 atom stereocenters. The van der Waals surface area contributed by atoms with Crippen LogP contribution in [0.5, 0.6) is 0 Å². The molecule has 0 spiro atoms. The minimum Gasteiger partial charge on any atom is -0.458 e. The summed E-state index contributed by atoms with van der Waals surface area (Å²) in [4.78, 5) is 16.3. The average Bonchev–Trinajstić information content (AvgIpc) is 2.75. The molecule has 2 aromatic rings. The van der Waals surface area contributed by atoms with Crippen LogP contribution in [-0.2, 0) is 16.1 Å². The van der Waals surface area contributed by atoms with Gasteiger partial charge in [0.2, 0.25) is 0 Å². The summed E-state index contributed by atoms with van der Waals surface area (Å²) in [5.41, 5.74) is 0.132. The van der Waals surface area contributed by atoms with Crippen LogP contribution in [0.1, 0.15) is 18.4 Å². The first kappa shape index (κ1) is 13.2. The quantitative estimate of drug-likeness (QED) is 0.636. The molecule has 0 N–H and O–H groups in total. The van der Waals surface area contributed by atoms with Gasteiger partial charge in [-0.3, -0.25) is 4.79 Å². The van der Waals surface area contributed by atoms with Crippen molar-refractivity contribution < 1.29 is 9.53 Å². The molecule has 1 saturated carbocycles. The summed E-state index contributed by atoms with van der Waals surface area (Å²) < 4.78 is 5.35. The third kappa shape index (κ3) is 2.22. The maximum atomic E-state index is 11.9. The van der Waals surface area contributed by atoms with Gasteiger partial charge in [0.25, 0.3) is 0 Å². The second-order valence-electron chi connectivity index (χ2n) is 4.86. The number of carbonyl (C=O) groups excluding carboxylic acids is 1. The van der Waals surface area contributed by atoms with Crippen molar-refractivity contribution in [1.29, 1.82) is 0 Å². The van der Waals surface area contributed by atoms with Crippen LogP contribution < -0.4 is 0 Å². The van der Waals surface area contributed by atoms with E-state index in [9.17, 15) is 4.79 Å². The lowest BCUT2D eigenvalue weighted by Crippen LogP contribution is -2.21. The van der Waals surface area contributed by atoms with E-state index < -0.39 is 9.75 Å². The predicted molar refractivity (Wildman–Crippen MR) is 76.6 cm³/mol. The van der Waals surface area contributed by atoms with E-state index in [1.54, 1.807) is 6.92 Å². The number of rotatable bonds is 3. The van der Waals surface area contributed by atoms with E-state index in [4.69, 9.17) is 27.9 Å². The highest BCUT2D eigenvalue weighted by Gasteiger charge is 2.69. The van der Waals surface area contributed by atoms with Gasteiger partial charge in [-0.1, -0.05) is 12.1 Å². The molecule has 1 aromatic carbocycles. The Hall–Kier alpha value is -0.840. The molecule has 0 amide bonds. The molecule has 1 fully saturated rings. The maximum absolute atomic E-state index is 11.9. The summed E-state index contributed by atoms with van der Waals surface area (Å²) in [6, 6.07) is 7.81. The summed E-state index contributed by atoms with van der Waals surface area (Å²) >= 11 is 13.4. The summed E-state index contributed by atoms with van der Waals surface area (Å²) in [6.07, 6.45) is 0.432. The van der Waals surface area contributed by atoms with Crippen molar-refractivity contribution in [2.45, 2.75) is 24.3 Å². The van der Waals surface area contributed by atoms with Crippen molar-refractivity contribution in [2.75, 3.05) is 0 Å². The minimum absolute atomic E-state index is 0.164. The Morgan fingerprint density at radius 3 is 2.79 bits per heavy atom. The summed E-state index contributed by atoms with van der Waals surface area (Å²) in [5.74, 6) is -0.364. The summed E-state index contributed by atoms with van der Waals surface area (Å²) in [7, 11) is 0. The van der Waals surface area contributed by atoms with Crippen molar-refractivity contribution in [3.05, 3.63) is 29.3 Å². The lowest BCUT2D eigenvalue weighted by atomic mass is 10.1. The monoisotopic (exact) mass is 315 g/mol. The Bertz CT molecular complexity index is 622. The van der Waals surface area contributed by atoms with Crippen LogP contribution in [0.25, 0.3) is 10.2 Å². The zero-order valence-electron chi connectivity index (χ0n) is 10.2. The van der Waals surface area contributed by atoms with Crippen molar-refractivity contribution in [2.24, 2.45) is 5.41 Å². The molecule has 1 aliphatic carbocycles. The van der Waals surface area contributed by atoms with E-state index in [-0.39, 0.29) is 12.6 Å². The van der Waals surface area contributed by atoms with Gasteiger partial charge in [0.05, 0.1) is 10.2 Å². The average molecular weight is 316 g/mol. The fourth-order valence-electron chi connectivity index (χ4n) is 1.89. The number of fused-ring (bicyclic) bond motifs is 1. The lowest BCUT2D eigenvalue weighted by Gasteiger charge is -2.10. The fourth-order valence-corrected chi connectivity index (χ4v) is 3.46. The van der Waals surface area contributed by atoms with Gasteiger partial charge in [0.15, 0.2) is 0 Å². The lowest BCUT2D eigenvalue weighted by molar-refractivity contribution is -0.150. The number of carbonyl (C=O) groups is 1. The first-order chi connectivity index (χ1) is 8.92. The van der Waals surface area contributed by atoms with Crippen molar-refractivity contribution in [3.63, 3.8) is 0 Å². The topological polar surface area (TPSA) is 39.2 Å². The van der Waals surface area contributed by atoms with Gasteiger partial charge in [-0.25, -0.2) is 4.98 Å². The molecule has 19 heavy (non-hydrogen) atoms. The van der Waals surface area contributed by atoms with E-state index in [1.807, 2.05) is 24.3 Å². The molecule has 6 heteroatoms. The highest BCUT2D eigenvalue weighted by atomic mass is 35.5. The third-order valence-electron chi connectivity index (χ3n) is 3.37. The smallest absolute Gasteiger partial charge is 0.315 e. The van der Waals surface area contributed by atoms with Gasteiger partial charge in [0.1, 0.15) is 21.4 Å². The molecule has 1 unspecified atom stereocenters. The third-order valence-corrected chi connectivity index (χ3v) is 5.48. The van der Waals surface area contributed by atoms with Crippen LogP contribution in [-0.4, -0.2) is 15.3 Å². The number of alkyl halides is 2. The molecule has 3 nitrogen and oxygen atoms in total. The van der Waals surface area contributed by atoms with E-state index in [2.05, 4.69) is 4.98 Å². The van der Waals surface area contributed by atoms with Gasteiger partial charge in [0, 0.05) is 6.42 Å². The maximum Gasteiger partial charge on any atom is 0.315 e. The number of hydrogen-bond acceptors (Lipinski definition) is 4. The van der Waals surface area contributed by atoms with Crippen LogP contribution in [0, 0.1) is 5.41 Å². The van der Waals surface area contributed by atoms with E-state index >= 15 is 0 Å². The zero-order chi connectivity index (χ0) is 13.7. The number of thiazole rings is 1.